The maximum Gasteiger partial charge on any atom is 0.0994 e. The number of hydrogen-bond donors (Lipinski definition) is 1. The second-order valence-electron chi connectivity index (χ2n) is 4.80. The highest BCUT2D eigenvalue weighted by Gasteiger charge is 2.22. The summed E-state index contributed by atoms with van der Waals surface area (Å²) in [5, 5.41) is 8.01. The van der Waals surface area contributed by atoms with Crippen molar-refractivity contribution in [3.63, 3.8) is 0 Å². The molecule has 17 heavy (non-hydrogen) atoms. The van der Waals surface area contributed by atoms with E-state index in [4.69, 9.17) is 0 Å². The summed E-state index contributed by atoms with van der Waals surface area (Å²) in [4.78, 5) is 4.47. The predicted molar refractivity (Wildman–Crippen MR) is 67.9 cm³/mol. The van der Waals surface area contributed by atoms with Crippen LogP contribution in [-0.2, 0) is 13.6 Å². The summed E-state index contributed by atoms with van der Waals surface area (Å²) in [5.41, 5.74) is 5.78. The van der Waals surface area contributed by atoms with Crippen molar-refractivity contribution in [3.8, 4) is 11.3 Å². The fourth-order valence-corrected chi connectivity index (χ4v) is 2.38. The fraction of sp³-hybridized carbons (Fsp3) is 0.385. The maximum atomic E-state index is 4.54. The van der Waals surface area contributed by atoms with Crippen LogP contribution in [0.25, 0.3) is 11.3 Å². The molecule has 0 fully saturated rings. The third kappa shape index (κ3) is 1.52. The largest absolute Gasteiger partial charge is 0.379 e. The molecule has 0 unspecified atom stereocenters. The van der Waals surface area contributed by atoms with Crippen molar-refractivity contribution < 1.29 is 0 Å². The number of nitrogens with zero attached hydrogens (tertiary/aromatic N) is 3. The van der Waals surface area contributed by atoms with E-state index in [2.05, 4.69) is 35.4 Å². The first kappa shape index (κ1) is 10.3. The molecule has 0 saturated heterocycles. The lowest BCUT2D eigenvalue weighted by atomic mass is 9.98. The van der Waals surface area contributed by atoms with Gasteiger partial charge in [-0.3, -0.25) is 9.67 Å². The van der Waals surface area contributed by atoms with Gasteiger partial charge in [0.2, 0.25) is 0 Å². The predicted octanol–water partition coefficient (Wildman–Crippen LogP) is 2.53. The molecule has 2 aromatic heterocycles. The molecule has 0 radical (unpaired) electrons. The van der Waals surface area contributed by atoms with E-state index in [0.717, 1.165) is 23.6 Å². The zero-order valence-electron chi connectivity index (χ0n) is 10.4. The Morgan fingerprint density at radius 2 is 2.24 bits per heavy atom. The molecule has 0 spiro atoms. The molecule has 1 aliphatic heterocycles. The highest BCUT2D eigenvalue weighted by molar-refractivity contribution is 5.81. The van der Waals surface area contributed by atoms with Crippen LogP contribution < -0.4 is 5.32 Å². The third-order valence-electron chi connectivity index (χ3n) is 3.14. The molecule has 2 aromatic rings. The van der Waals surface area contributed by atoms with Crippen LogP contribution in [0, 0.1) is 0 Å². The number of anilines is 1. The Morgan fingerprint density at radius 3 is 3.00 bits per heavy atom. The summed E-state index contributed by atoms with van der Waals surface area (Å²) in [6.45, 7) is 5.16. The summed E-state index contributed by atoms with van der Waals surface area (Å²) < 4.78 is 1.87. The minimum absolute atomic E-state index is 0.419. The topological polar surface area (TPSA) is 42.7 Å². The van der Waals surface area contributed by atoms with Crippen molar-refractivity contribution in [2.45, 2.75) is 26.3 Å². The van der Waals surface area contributed by atoms with E-state index >= 15 is 0 Å². The second kappa shape index (κ2) is 3.58. The summed E-state index contributed by atoms with van der Waals surface area (Å²) in [7, 11) is 1.96. The zero-order chi connectivity index (χ0) is 12.0. The summed E-state index contributed by atoms with van der Waals surface area (Å²) in [6, 6.07) is 2.04. The van der Waals surface area contributed by atoms with E-state index in [9.17, 15) is 0 Å². The third-order valence-corrected chi connectivity index (χ3v) is 3.14. The van der Waals surface area contributed by atoms with Gasteiger partial charge in [0, 0.05) is 37.1 Å². The van der Waals surface area contributed by atoms with Crippen LogP contribution in [0.1, 0.15) is 31.0 Å². The summed E-state index contributed by atoms with van der Waals surface area (Å²) in [6.07, 6.45) is 3.94. The van der Waals surface area contributed by atoms with Gasteiger partial charge >= 0.3 is 0 Å². The Balaban J connectivity index is 2.23. The molecule has 1 N–H and O–H groups in total. The molecule has 0 atom stereocenters. The van der Waals surface area contributed by atoms with Crippen LogP contribution >= 0.6 is 0 Å². The number of fused-ring (bicyclic) bond motifs is 3. The van der Waals surface area contributed by atoms with Crippen LogP contribution in [0.3, 0.4) is 0 Å². The molecule has 3 heterocycles. The van der Waals surface area contributed by atoms with Gasteiger partial charge in [-0.2, -0.15) is 5.10 Å². The van der Waals surface area contributed by atoms with Crippen molar-refractivity contribution in [2.75, 3.05) is 5.32 Å². The van der Waals surface area contributed by atoms with Crippen LogP contribution in [0.4, 0.5) is 5.69 Å². The average Bonchev–Trinajstić information content (AvgIpc) is 2.68. The van der Waals surface area contributed by atoms with Crippen molar-refractivity contribution >= 4 is 5.69 Å². The van der Waals surface area contributed by atoms with E-state index in [1.165, 1.54) is 11.1 Å². The Kier molecular flexibility index (Phi) is 2.18. The molecule has 0 saturated carbocycles. The van der Waals surface area contributed by atoms with Crippen LogP contribution in [0.5, 0.6) is 0 Å². The molecule has 0 bridgehead atoms. The first-order chi connectivity index (χ1) is 8.16. The Labute approximate surface area is 101 Å². The van der Waals surface area contributed by atoms with Crippen molar-refractivity contribution in [3.05, 3.63) is 29.7 Å². The Hall–Kier alpha value is -1.84. The van der Waals surface area contributed by atoms with Crippen LogP contribution in [-0.4, -0.2) is 14.8 Å². The fourth-order valence-electron chi connectivity index (χ4n) is 2.38. The van der Waals surface area contributed by atoms with Gasteiger partial charge in [-0.25, -0.2) is 0 Å². The van der Waals surface area contributed by atoms with Gasteiger partial charge in [-0.15, -0.1) is 0 Å². The minimum atomic E-state index is 0.419. The van der Waals surface area contributed by atoms with Crippen molar-refractivity contribution in [1.82, 2.24) is 14.8 Å². The first-order valence-electron chi connectivity index (χ1n) is 5.92. The van der Waals surface area contributed by atoms with Gasteiger partial charge in [0.15, 0.2) is 0 Å². The van der Waals surface area contributed by atoms with E-state index in [-0.39, 0.29) is 0 Å². The van der Waals surface area contributed by atoms with Crippen LogP contribution in [0.15, 0.2) is 18.5 Å². The maximum absolute atomic E-state index is 4.54. The molecule has 1 aliphatic rings. The SMILES string of the molecule is CC(C)c1nccc2c1NCc1cn(C)nc1-2. The van der Waals surface area contributed by atoms with E-state index in [1.807, 2.05) is 24.0 Å². The minimum Gasteiger partial charge on any atom is -0.379 e. The van der Waals surface area contributed by atoms with Crippen molar-refractivity contribution in [1.29, 1.82) is 0 Å². The summed E-state index contributed by atoms with van der Waals surface area (Å²) >= 11 is 0. The quantitative estimate of drug-likeness (QED) is 0.815. The highest BCUT2D eigenvalue weighted by atomic mass is 15.3. The van der Waals surface area contributed by atoms with Gasteiger partial charge < -0.3 is 5.32 Å². The number of rotatable bonds is 1. The summed E-state index contributed by atoms with van der Waals surface area (Å²) in [5.74, 6) is 0.419. The number of nitrogens with one attached hydrogen (secondary N) is 1. The van der Waals surface area contributed by atoms with Crippen molar-refractivity contribution in [2.24, 2.45) is 7.05 Å². The lowest BCUT2D eigenvalue weighted by Crippen LogP contribution is -2.11. The van der Waals surface area contributed by atoms with Gasteiger partial charge in [0.1, 0.15) is 0 Å². The first-order valence-corrected chi connectivity index (χ1v) is 5.92. The normalized spacial score (nSPS) is 13.2. The van der Waals surface area contributed by atoms with E-state index in [1.54, 1.807) is 0 Å². The lowest BCUT2D eigenvalue weighted by Gasteiger charge is -2.21. The molecule has 0 aliphatic carbocycles. The number of aryl methyl sites for hydroxylation is 1. The van der Waals surface area contributed by atoms with Gasteiger partial charge in [-0.05, 0) is 12.0 Å². The van der Waals surface area contributed by atoms with E-state index in [0.29, 0.717) is 5.92 Å². The molecule has 4 heteroatoms. The molecule has 88 valence electrons. The molecular formula is C13H16N4. The molecular weight excluding hydrogens is 212 g/mol. The monoisotopic (exact) mass is 228 g/mol. The van der Waals surface area contributed by atoms with Gasteiger partial charge in [-0.1, -0.05) is 13.8 Å². The average molecular weight is 228 g/mol. The van der Waals surface area contributed by atoms with Gasteiger partial charge in [0.05, 0.1) is 17.1 Å². The zero-order valence-corrected chi connectivity index (χ0v) is 10.4. The molecule has 3 rings (SSSR count). The highest BCUT2D eigenvalue weighted by Crippen LogP contribution is 2.37. The molecule has 0 aromatic carbocycles. The van der Waals surface area contributed by atoms with Gasteiger partial charge in [0.25, 0.3) is 0 Å². The Morgan fingerprint density at radius 1 is 1.41 bits per heavy atom. The number of hydrogen-bond acceptors (Lipinski definition) is 3. The lowest BCUT2D eigenvalue weighted by molar-refractivity contribution is 0.770. The number of pyridine rings is 1. The number of aromatic nitrogens is 3. The standard InChI is InChI=1S/C13H16N4/c1-8(2)11-13-10(4-5-14-11)12-9(6-15-13)7-17(3)16-12/h4-5,7-8,15H,6H2,1-3H3. The smallest absolute Gasteiger partial charge is 0.0994 e. The second-order valence-corrected chi connectivity index (χ2v) is 4.80. The van der Waals surface area contributed by atoms with Crippen LogP contribution in [0.2, 0.25) is 0 Å². The van der Waals surface area contributed by atoms with E-state index < -0.39 is 0 Å². The molecule has 0 amide bonds. The Bertz CT molecular complexity index is 569. The molecule has 4 nitrogen and oxygen atoms in total.